The zero-order chi connectivity index (χ0) is 21.6. The Morgan fingerprint density at radius 1 is 1.00 bits per heavy atom. The molecule has 0 aliphatic heterocycles. The highest BCUT2D eigenvalue weighted by Gasteiger charge is 2.09. The number of carbonyl (C=O) groups is 1. The lowest BCUT2D eigenvalue weighted by Gasteiger charge is -2.10. The second kappa shape index (κ2) is 9.45. The molecule has 156 valence electrons. The Kier molecular flexibility index (Phi) is 6.29. The van der Waals surface area contributed by atoms with Crippen LogP contribution >= 0.6 is 11.6 Å². The van der Waals surface area contributed by atoms with Crippen molar-refractivity contribution in [2.45, 2.75) is 13.0 Å². The average molecular weight is 433 g/mol. The Balaban J connectivity index is 1.36. The van der Waals surface area contributed by atoms with Gasteiger partial charge in [0.25, 0.3) is 11.5 Å². The number of nitrogens with zero attached hydrogens (tertiary/aromatic N) is 3. The van der Waals surface area contributed by atoms with Crippen LogP contribution in [0.1, 0.15) is 21.5 Å². The topological polar surface area (TPSA) is 68.9 Å². The van der Waals surface area contributed by atoms with Gasteiger partial charge in [-0.15, -0.1) is 0 Å². The summed E-state index contributed by atoms with van der Waals surface area (Å²) in [4.78, 5) is 24.8. The van der Waals surface area contributed by atoms with E-state index >= 15 is 0 Å². The zero-order valence-corrected chi connectivity index (χ0v) is 17.5. The second-order valence-corrected chi connectivity index (χ2v) is 7.51. The van der Waals surface area contributed by atoms with Crippen LogP contribution in [0, 0.1) is 0 Å². The molecule has 0 saturated heterocycles. The molecule has 7 heteroatoms. The van der Waals surface area contributed by atoms with Gasteiger partial charge in [-0.2, -0.15) is 5.10 Å². The summed E-state index contributed by atoms with van der Waals surface area (Å²) < 4.78 is 3.28. The molecule has 0 unspecified atom stereocenters. The third kappa shape index (κ3) is 5.10. The fraction of sp³-hybridized carbons (Fsp3) is 0.125. The molecule has 6 nitrogen and oxygen atoms in total. The van der Waals surface area contributed by atoms with Gasteiger partial charge in [-0.3, -0.25) is 9.59 Å². The second-order valence-electron chi connectivity index (χ2n) is 7.10. The van der Waals surface area contributed by atoms with Gasteiger partial charge >= 0.3 is 0 Å². The van der Waals surface area contributed by atoms with E-state index < -0.39 is 0 Å². The first-order valence-electron chi connectivity index (χ1n) is 9.91. The summed E-state index contributed by atoms with van der Waals surface area (Å²) in [5.74, 6) is -0.221. The van der Waals surface area contributed by atoms with Gasteiger partial charge in [0.05, 0.1) is 17.8 Å². The predicted molar refractivity (Wildman–Crippen MR) is 121 cm³/mol. The minimum Gasteiger partial charge on any atom is -0.352 e. The van der Waals surface area contributed by atoms with Crippen molar-refractivity contribution in [1.29, 1.82) is 0 Å². The van der Waals surface area contributed by atoms with E-state index in [2.05, 4.69) is 10.4 Å². The molecule has 0 bridgehead atoms. The molecule has 4 rings (SSSR count). The van der Waals surface area contributed by atoms with Crippen LogP contribution in [0.15, 0.2) is 90.1 Å². The molecule has 0 aliphatic rings. The van der Waals surface area contributed by atoms with Crippen molar-refractivity contribution in [2.24, 2.45) is 0 Å². The molecule has 0 saturated carbocycles. The van der Waals surface area contributed by atoms with E-state index in [1.165, 1.54) is 10.6 Å². The molecule has 2 aromatic heterocycles. The van der Waals surface area contributed by atoms with Crippen molar-refractivity contribution < 1.29 is 4.79 Å². The highest BCUT2D eigenvalue weighted by Crippen LogP contribution is 2.15. The van der Waals surface area contributed by atoms with Gasteiger partial charge in [0.15, 0.2) is 0 Å². The summed E-state index contributed by atoms with van der Waals surface area (Å²) >= 11 is 6.19. The standard InChI is InChI=1S/C24H21ClN4O2/c25-22-5-2-1-4-19(22)16-28-17-20(8-11-23(28)30)24(31)26-14-12-18-6-9-21(10-7-18)29-15-3-13-27-29/h1-11,13,15,17H,12,14,16H2,(H,26,31). The molecule has 0 aliphatic carbocycles. The van der Waals surface area contributed by atoms with Crippen molar-refractivity contribution in [1.82, 2.24) is 19.7 Å². The van der Waals surface area contributed by atoms with Crippen LogP contribution in [-0.4, -0.2) is 26.8 Å². The van der Waals surface area contributed by atoms with E-state index in [1.807, 2.05) is 54.7 Å². The number of benzene rings is 2. The number of rotatable bonds is 7. The Morgan fingerprint density at radius 3 is 2.55 bits per heavy atom. The van der Waals surface area contributed by atoms with Crippen molar-refractivity contribution in [3.8, 4) is 5.69 Å². The maximum atomic E-state index is 12.6. The summed E-state index contributed by atoms with van der Waals surface area (Å²) in [6.45, 7) is 0.797. The van der Waals surface area contributed by atoms with Gasteiger partial charge < -0.3 is 9.88 Å². The van der Waals surface area contributed by atoms with E-state index in [4.69, 9.17) is 11.6 Å². The Hall–Kier alpha value is -3.64. The van der Waals surface area contributed by atoms with E-state index in [0.29, 0.717) is 30.1 Å². The molecule has 1 amide bonds. The molecule has 1 N–H and O–H groups in total. The SMILES string of the molecule is O=C(NCCc1ccc(-n2cccn2)cc1)c1ccc(=O)n(Cc2ccccc2Cl)c1. The van der Waals surface area contributed by atoms with E-state index in [0.717, 1.165) is 16.8 Å². The third-order valence-electron chi connectivity index (χ3n) is 4.95. The van der Waals surface area contributed by atoms with Crippen LogP contribution in [0.3, 0.4) is 0 Å². The molecular formula is C24H21ClN4O2. The lowest BCUT2D eigenvalue weighted by Crippen LogP contribution is -2.28. The summed E-state index contributed by atoms with van der Waals surface area (Å²) in [7, 11) is 0. The summed E-state index contributed by atoms with van der Waals surface area (Å²) in [5.41, 5.74) is 3.16. The number of aromatic nitrogens is 3. The summed E-state index contributed by atoms with van der Waals surface area (Å²) in [6.07, 6.45) is 5.89. The molecule has 2 heterocycles. The van der Waals surface area contributed by atoms with Gasteiger partial charge in [0.2, 0.25) is 0 Å². The number of hydrogen-bond donors (Lipinski definition) is 1. The molecular weight excluding hydrogens is 412 g/mol. The number of pyridine rings is 1. The van der Waals surface area contributed by atoms with E-state index in [9.17, 15) is 9.59 Å². The maximum absolute atomic E-state index is 12.6. The van der Waals surface area contributed by atoms with Crippen LogP contribution in [0.25, 0.3) is 5.69 Å². The molecule has 0 radical (unpaired) electrons. The van der Waals surface area contributed by atoms with Crippen LogP contribution < -0.4 is 10.9 Å². The first-order chi connectivity index (χ1) is 15.1. The largest absolute Gasteiger partial charge is 0.352 e. The number of halogens is 1. The van der Waals surface area contributed by atoms with Gasteiger partial charge in [0, 0.05) is 36.2 Å². The molecule has 4 aromatic rings. The molecule has 0 spiro atoms. The smallest absolute Gasteiger partial charge is 0.252 e. The first-order valence-corrected chi connectivity index (χ1v) is 10.3. The Labute approximate surface area is 184 Å². The number of hydrogen-bond acceptors (Lipinski definition) is 3. The predicted octanol–water partition coefficient (Wildman–Crippen LogP) is 3.71. The van der Waals surface area contributed by atoms with Crippen LogP contribution in [0.2, 0.25) is 5.02 Å². The number of amides is 1. The minimum atomic E-state index is -0.221. The molecule has 2 aromatic carbocycles. The minimum absolute atomic E-state index is 0.186. The van der Waals surface area contributed by atoms with Gasteiger partial charge in [-0.05, 0) is 47.9 Å². The zero-order valence-electron chi connectivity index (χ0n) is 16.7. The van der Waals surface area contributed by atoms with Crippen molar-refractivity contribution in [3.05, 3.63) is 117 Å². The van der Waals surface area contributed by atoms with Gasteiger partial charge in [0.1, 0.15) is 0 Å². The van der Waals surface area contributed by atoms with Gasteiger partial charge in [-0.25, -0.2) is 4.68 Å². The summed E-state index contributed by atoms with van der Waals surface area (Å²) in [6, 6.07) is 20.2. The fourth-order valence-electron chi connectivity index (χ4n) is 3.26. The quantitative estimate of drug-likeness (QED) is 0.484. The van der Waals surface area contributed by atoms with Crippen LogP contribution in [0.5, 0.6) is 0 Å². The highest BCUT2D eigenvalue weighted by atomic mass is 35.5. The monoisotopic (exact) mass is 432 g/mol. The lowest BCUT2D eigenvalue weighted by atomic mass is 10.1. The maximum Gasteiger partial charge on any atom is 0.252 e. The third-order valence-corrected chi connectivity index (χ3v) is 5.32. The number of nitrogens with one attached hydrogen (secondary N) is 1. The average Bonchev–Trinajstić information content (AvgIpc) is 3.32. The van der Waals surface area contributed by atoms with Gasteiger partial charge in [-0.1, -0.05) is 41.9 Å². The van der Waals surface area contributed by atoms with Crippen LogP contribution in [0.4, 0.5) is 0 Å². The van der Waals surface area contributed by atoms with Crippen molar-refractivity contribution in [2.75, 3.05) is 6.54 Å². The van der Waals surface area contributed by atoms with Crippen molar-refractivity contribution in [3.63, 3.8) is 0 Å². The lowest BCUT2D eigenvalue weighted by molar-refractivity contribution is 0.0953. The molecule has 0 fully saturated rings. The molecule has 0 atom stereocenters. The molecule has 31 heavy (non-hydrogen) atoms. The summed E-state index contributed by atoms with van der Waals surface area (Å²) in [5, 5.41) is 7.71. The number of carbonyl (C=O) groups excluding carboxylic acids is 1. The first kappa shape index (κ1) is 20.6. The fourth-order valence-corrected chi connectivity index (χ4v) is 3.45. The normalized spacial score (nSPS) is 10.7. The van der Waals surface area contributed by atoms with Crippen molar-refractivity contribution >= 4 is 17.5 Å². The Bertz CT molecular complexity index is 1230. The Morgan fingerprint density at radius 2 is 1.81 bits per heavy atom. The highest BCUT2D eigenvalue weighted by molar-refractivity contribution is 6.31. The van der Waals surface area contributed by atoms with E-state index in [-0.39, 0.29) is 11.5 Å². The van der Waals surface area contributed by atoms with Crippen LogP contribution in [-0.2, 0) is 13.0 Å². The van der Waals surface area contributed by atoms with E-state index in [1.54, 1.807) is 29.2 Å².